The molecule has 208 valence electrons. The summed E-state index contributed by atoms with van der Waals surface area (Å²) in [7, 11) is 1.48. The van der Waals surface area contributed by atoms with Gasteiger partial charge in [-0.2, -0.15) is 28.5 Å². The van der Waals surface area contributed by atoms with E-state index in [-0.39, 0.29) is 30.2 Å². The number of amides is 1. The fraction of sp³-hybridized carbons (Fsp3) is 0.250. The number of alkyl halides is 3. The van der Waals surface area contributed by atoms with Crippen molar-refractivity contribution in [2.45, 2.75) is 31.2 Å². The Morgan fingerprint density at radius 2 is 2.20 bits per heavy atom. The molecular weight excluding hydrogens is 553 g/mol. The second kappa shape index (κ2) is 10.8. The fourth-order valence-corrected chi connectivity index (χ4v) is 5.08. The van der Waals surface area contributed by atoms with Gasteiger partial charge in [-0.15, -0.1) is 11.3 Å². The Balaban J connectivity index is 1.30. The quantitative estimate of drug-likeness (QED) is 0.179. The number of nitrogens with zero attached hydrogens (tertiary/aromatic N) is 6. The summed E-state index contributed by atoms with van der Waals surface area (Å²) < 4.78 is 49.0. The number of methoxy groups -OCH3 is 1. The van der Waals surface area contributed by atoms with Crippen molar-refractivity contribution in [1.29, 1.82) is 0 Å². The van der Waals surface area contributed by atoms with E-state index in [0.717, 1.165) is 15.8 Å². The minimum Gasteiger partial charge on any atom is -0.496 e. The number of nitrogens with one attached hydrogen (secondary N) is 2. The lowest BCUT2D eigenvalue weighted by atomic mass is 10.0. The third-order valence-corrected chi connectivity index (χ3v) is 7.14. The molecule has 2 unspecified atom stereocenters. The smallest absolute Gasteiger partial charge is 0.410 e. The molecule has 4 aromatic rings. The molecule has 1 aliphatic heterocycles. The van der Waals surface area contributed by atoms with E-state index in [4.69, 9.17) is 4.74 Å². The zero-order valence-corrected chi connectivity index (χ0v) is 21.5. The van der Waals surface area contributed by atoms with Crippen LogP contribution in [0.2, 0.25) is 0 Å². The summed E-state index contributed by atoms with van der Waals surface area (Å²) >= 11 is 1.35. The Kier molecular flexibility index (Phi) is 7.25. The number of aromatic nitrogens is 4. The normalized spacial score (nSPS) is 16.9. The maximum Gasteiger partial charge on any atom is 0.410 e. The van der Waals surface area contributed by atoms with Crippen molar-refractivity contribution in [2.24, 2.45) is 5.10 Å². The first-order chi connectivity index (χ1) is 19.1. The van der Waals surface area contributed by atoms with Gasteiger partial charge in [0.15, 0.2) is 11.7 Å². The second-order valence-corrected chi connectivity index (χ2v) is 9.77. The van der Waals surface area contributed by atoms with E-state index < -0.39 is 29.1 Å². The predicted octanol–water partition coefficient (Wildman–Crippen LogP) is 4.53. The van der Waals surface area contributed by atoms with Crippen LogP contribution in [-0.2, 0) is 6.54 Å². The molecule has 16 heteroatoms. The Morgan fingerprint density at radius 1 is 1.38 bits per heavy atom. The fourth-order valence-electron chi connectivity index (χ4n) is 4.29. The number of carbonyl (C=O) groups is 1. The van der Waals surface area contributed by atoms with Crippen molar-refractivity contribution >= 4 is 35.0 Å². The zero-order chi connectivity index (χ0) is 28.4. The number of benzene rings is 1. The van der Waals surface area contributed by atoms with E-state index in [9.17, 15) is 28.1 Å². The van der Waals surface area contributed by atoms with Gasteiger partial charge in [0, 0.05) is 22.9 Å². The number of thiophene rings is 1. The molecule has 40 heavy (non-hydrogen) atoms. The molecule has 1 amide bonds. The highest BCUT2D eigenvalue weighted by atomic mass is 32.1. The van der Waals surface area contributed by atoms with Gasteiger partial charge in [0.25, 0.3) is 5.91 Å². The van der Waals surface area contributed by atoms with E-state index in [2.05, 4.69) is 26.0 Å². The Bertz CT molecular complexity index is 1560. The summed E-state index contributed by atoms with van der Waals surface area (Å²) in [5.74, 6) is -0.193. The minimum absolute atomic E-state index is 0.0831. The number of hydrogen-bond acceptors (Lipinski definition) is 9. The van der Waals surface area contributed by atoms with Crippen LogP contribution < -0.4 is 15.5 Å². The number of halogens is 3. The largest absolute Gasteiger partial charge is 0.496 e. The molecular formula is C24H21F3N8O4S. The molecule has 3 aromatic heterocycles. The first kappa shape index (κ1) is 26.9. The first-order valence-corrected chi connectivity index (χ1v) is 12.6. The van der Waals surface area contributed by atoms with Crippen LogP contribution in [0.15, 0.2) is 59.3 Å². The number of rotatable bonds is 8. The summed E-state index contributed by atoms with van der Waals surface area (Å²) in [5.41, 5.74) is 3.10. The van der Waals surface area contributed by atoms with Gasteiger partial charge in [0.2, 0.25) is 0 Å². The lowest BCUT2D eigenvalue weighted by molar-refractivity contribution is -0.385. The van der Waals surface area contributed by atoms with Gasteiger partial charge >= 0.3 is 11.9 Å². The minimum atomic E-state index is -4.56. The first-order valence-electron chi connectivity index (χ1n) is 11.8. The molecule has 0 saturated carbocycles. The molecule has 0 bridgehead atoms. The van der Waals surface area contributed by atoms with Crippen LogP contribution in [-0.4, -0.2) is 49.9 Å². The van der Waals surface area contributed by atoms with Gasteiger partial charge in [-0.1, -0.05) is 6.07 Å². The molecule has 0 aliphatic carbocycles. The molecule has 0 saturated heterocycles. The van der Waals surface area contributed by atoms with Crippen LogP contribution in [0.5, 0.6) is 5.75 Å². The third-order valence-electron chi connectivity index (χ3n) is 6.16. The molecule has 0 spiro atoms. The average Bonchev–Trinajstić information content (AvgIpc) is 3.68. The molecule has 1 aromatic carbocycles. The Morgan fingerprint density at radius 3 is 2.88 bits per heavy atom. The van der Waals surface area contributed by atoms with Gasteiger partial charge in [-0.25, -0.2) is 10.1 Å². The van der Waals surface area contributed by atoms with Crippen molar-refractivity contribution in [3.63, 3.8) is 0 Å². The Labute approximate surface area is 228 Å². The SMILES string of the molecule is COc1ccc(C=NNC(=O)c2cc3n(n2)C(C(F)(F)F)CC(c2cccs2)N3)cc1Cn1cc([N+](=O)[O-])cn1. The maximum atomic E-state index is 13.8. The van der Waals surface area contributed by atoms with Crippen molar-refractivity contribution in [1.82, 2.24) is 25.0 Å². The van der Waals surface area contributed by atoms with Gasteiger partial charge in [-0.3, -0.25) is 19.6 Å². The van der Waals surface area contributed by atoms with E-state index in [1.807, 2.05) is 0 Å². The number of ether oxygens (including phenoxy) is 1. The van der Waals surface area contributed by atoms with Gasteiger partial charge in [0.1, 0.15) is 24.0 Å². The topological polar surface area (TPSA) is 142 Å². The van der Waals surface area contributed by atoms with E-state index >= 15 is 0 Å². The number of anilines is 1. The molecule has 1 aliphatic rings. The highest BCUT2D eigenvalue weighted by Gasteiger charge is 2.47. The molecule has 5 rings (SSSR count). The standard InChI is InChI=1S/C24H21F3N8O4S/c1-39-19-5-4-14(7-15(19)12-33-13-16(11-29-33)35(37)38)10-28-31-23(36)18-9-22-30-17(20-3-2-6-40-20)8-21(24(25,26)27)34(22)32-18/h2-7,9-11,13,17,21,30H,8,12H2,1H3,(H,31,36). The van der Waals surface area contributed by atoms with Crippen LogP contribution >= 0.6 is 11.3 Å². The summed E-state index contributed by atoms with van der Waals surface area (Å²) in [6.07, 6.45) is -1.06. The predicted molar refractivity (Wildman–Crippen MR) is 139 cm³/mol. The molecule has 0 radical (unpaired) electrons. The third kappa shape index (κ3) is 5.66. The highest BCUT2D eigenvalue weighted by Crippen LogP contribution is 2.44. The van der Waals surface area contributed by atoms with Crippen LogP contribution in [0.4, 0.5) is 24.7 Å². The molecule has 2 N–H and O–H groups in total. The van der Waals surface area contributed by atoms with Gasteiger partial charge in [0.05, 0.1) is 30.8 Å². The van der Waals surface area contributed by atoms with Gasteiger partial charge < -0.3 is 10.1 Å². The lowest BCUT2D eigenvalue weighted by Crippen LogP contribution is -2.35. The van der Waals surface area contributed by atoms with Crippen molar-refractivity contribution < 1.29 is 27.6 Å². The van der Waals surface area contributed by atoms with E-state index in [0.29, 0.717) is 16.9 Å². The summed E-state index contributed by atoms with van der Waals surface area (Å²) in [4.78, 5) is 23.8. The molecule has 4 heterocycles. The Hall–Kier alpha value is -4.73. The van der Waals surface area contributed by atoms with E-state index in [1.54, 1.807) is 35.7 Å². The molecule has 0 fully saturated rings. The maximum absolute atomic E-state index is 13.8. The van der Waals surface area contributed by atoms with Crippen LogP contribution in [0.3, 0.4) is 0 Å². The summed E-state index contributed by atoms with van der Waals surface area (Å²) in [6, 6.07) is 7.35. The second-order valence-electron chi connectivity index (χ2n) is 8.79. The van der Waals surface area contributed by atoms with Crippen LogP contribution in [0.1, 0.15) is 45.0 Å². The summed E-state index contributed by atoms with van der Waals surface area (Å²) in [5, 5.41) is 27.5. The van der Waals surface area contributed by atoms with E-state index in [1.165, 1.54) is 41.6 Å². The van der Waals surface area contributed by atoms with Gasteiger partial charge in [-0.05, 0) is 35.2 Å². The van der Waals surface area contributed by atoms with Crippen LogP contribution in [0.25, 0.3) is 0 Å². The monoisotopic (exact) mass is 574 g/mol. The number of hydrazone groups is 1. The number of fused-ring (bicyclic) bond motifs is 1. The number of nitro groups is 1. The van der Waals surface area contributed by atoms with Crippen molar-refractivity contribution in [2.75, 3.05) is 12.4 Å². The van der Waals surface area contributed by atoms with Crippen LogP contribution in [0, 0.1) is 10.1 Å². The average molecular weight is 575 g/mol. The number of carbonyl (C=O) groups excluding carboxylic acids is 1. The van der Waals surface area contributed by atoms with Crippen molar-refractivity contribution in [3.05, 3.63) is 86.0 Å². The summed E-state index contributed by atoms with van der Waals surface area (Å²) in [6.45, 7) is 0.172. The number of hydrogen-bond donors (Lipinski definition) is 2. The zero-order valence-electron chi connectivity index (χ0n) is 20.7. The highest BCUT2D eigenvalue weighted by molar-refractivity contribution is 7.10. The molecule has 2 atom stereocenters. The molecule has 12 nitrogen and oxygen atoms in total. The van der Waals surface area contributed by atoms with Crippen molar-refractivity contribution in [3.8, 4) is 5.75 Å². The lowest BCUT2D eigenvalue weighted by Gasteiger charge is -2.32.